The van der Waals surface area contributed by atoms with Gasteiger partial charge in [0.25, 0.3) is 6.43 Å². The van der Waals surface area contributed by atoms with Crippen molar-refractivity contribution in [3.05, 3.63) is 0 Å². The third kappa shape index (κ3) is 4.33. The Morgan fingerprint density at radius 3 is 2.64 bits per heavy atom. The van der Waals surface area contributed by atoms with Crippen molar-refractivity contribution in [1.29, 1.82) is 0 Å². The van der Waals surface area contributed by atoms with Crippen LogP contribution in [0.1, 0.15) is 32.1 Å². The van der Waals surface area contributed by atoms with Gasteiger partial charge >= 0.3 is 0 Å². The van der Waals surface area contributed by atoms with E-state index in [-0.39, 0.29) is 12.6 Å². The fraction of sp³-hybridized carbons (Fsp3) is 1.00. The first-order valence-electron chi connectivity index (χ1n) is 5.44. The van der Waals surface area contributed by atoms with Crippen LogP contribution in [0.3, 0.4) is 0 Å². The average molecular weight is 206 g/mol. The lowest BCUT2D eigenvalue weighted by Crippen LogP contribution is -2.37. The van der Waals surface area contributed by atoms with Crippen LogP contribution in [0.4, 0.5) is 8.78 Å². The zero-order valence-corrected chi connectivity index (χ0v) is 8.52. The molecule has 2 nitrogen and oxygen atoms in total. The average Bonchev–Trinajstić information content (AvgIpc) is 2.31. The Balaban J connectivity index is 2.19. The standard InChI is InChI=1S/C10H20F2N2/c11-10(12)7-14-6-8-4-2-1-3-5-9(8)13/h8-10,14H,1-7,13H2. The van der Waals surface area contributed by atoms with E-state index in [9.17, 15) is 8.78 Å². The number of rotatable bonds is 4. The molecule has 1 saturated carbocycles. The van der Waals surface area contributed by atoms with Gasteiger partial charge in [0, 0.05) is 6.04 Å². The van der Waals surface area contributed by atoms with Gasteiger partial charge in [0.15, 0.2) is 0 Å². The number of halogens is 2. The summed E-state index contributed by atoms with van der Waals surface area (Å²) in [6.45, 7) is 0.439. The van der Waals surface area contributed by atoms with Crippen LogP contribution in [0.2, 0.25) is 0 Å². The maximum atomic E-state index is 11.9. The van der Waals surface area contributed by atoms with Gasteiger partial charge in [-0.25, -0.2) is 8.78 Å². The number of hydrogen-bond donors (Lipinski definition) is 2. The van der Waals surface area contributed by atoms with E-state index >= 15 is 0 Å². The summed E-state index contributed by atoms with van der Waals surface area (Å²) in [5.41, 5.74) is 5.97. The molecule has 0 aromatic carbocycles. The molecule has 1 aliphatic rings. The molecule has 0 bridgehead atoms. The van der Waals surface area contributed by atoms with E-state index in [1.165, 1.54) is 19.3 Å². The monoisotopic (exact) mass is 206 g/mol. The van der Waals surface area contributed by atoms with Gasteiger partial charge in [0.2, 0.25) is 0 Å². The van der Waals surface area contributed by atoms with Crippen molar-refractivity contribution in [1.82, 2.24) is 5.32 Å². The van der Waals surface area contributed by atoms with Gasteiger partial charge in [-0.1, -0.05) is 19.3 Å². The molecule has 2 unspecified atom stereocenters. The topological polar surface area (TPSA) is 38.0 Å². The molecule has 1 rings (SSSR count). The molecule has 3 N–H and O–H groups in total. The summed E-state index contributed by atoms with van der Waals surface area (Å²) in [6.07, 6.45) is 3.48. The van der Waals surface area contributed by atoms with Crippen LogP contribution in [0, 0.1) is 5.92 Å². The van der Waals surface area contributed by atoms with Crippen molar-refractivity contribution in [3.8, 4) is 0 Å². The van der Waals surface area contributed by atoms with Crippen molar-refractivity contribution < 1.29 is 8.78 Å². The van der Waals surface area contributed by atoms with Gasteiger partial charge in [-0.3, -0.25) is 0 Å². The molecule has 14 heavy (non-hydrogen) atoms. The highest BCUT2D eigenvalue weighted by molar-refractivity contribution is 4.78. The van der Waals surface area contributed by atoms with Crippen LogP contribution in [0.25, 0.3) is 0 Å². The number of hydrogen-bond acceptors (Lipinski definition) is 2. The molecule has 0 amide bonds. The molecule has 2 atom stereocenters. The fourth-order valence-corrected chi connectivity index (χ4v) is 2.04. The molecule has 84 valence electrons. The first-order valence-corrected chi connectivity index (χ1v) is 5.44. The van der Waals surface area contributed by atoms with E-state index in [0.717, 1.165) is 12.8 Å². The van der Waals surface area contributed by atoms with Gasteiger partial charge in [-0.15, -0.1) is 0 Å². The van der Waals surface area contributed by atoms with E-state index in [1.54, 1.807) is 0 Å². The summed E-state index contributed by atoms with van der Waals surface area (Å²) < 4.78 is 23.7. The molecule has 1 aliphatic carbocycles. The molecule has 4 heteroatoms. The molecule has 1 fully saturated rings. The van der Waals surface area contributed by atoms with E-state index in [4.69, 9.17) is 5.73 Å². The molecule has 0 aromatic rings. The summed E-state index contributed by atoms with van der Waals surface area (Å²) >= 11 is 0. The summed E-state index contributed by atoms with van der Waals surface area (Å²) in [5.74, 6) is 0.385. The van der Waals surface area contributed by atoms with Gasteiger partial charge in [-0.2, -0.15) is 0 Å². The predicted octanol–water partition coefficient (Wildman–Crippen LogP) is 1.75. The van der Waals surface area contributed by atoms with Gasteiger partial charge in [0.05, 0.1) is 6.54 Å². The number of nitrogens with two attached hydrogens (primary N) is 1. The molecule has 0 saturated heterocycles. The molecular weight excluding hydrogens is 186 g/mol. The van der Waals surface area contributed by atoms with Crippen LogP contribution in [-0.4, -0.2) is 25.6 Å². The molecule has 0 radical (unpaired) electrons. The molecule has 0 heterocycles. The number of alkyl halides is 2. The quantitative estimate of drug-likeness (QED) is 0.688. The van der Waals surface area contributed by atoms with E-state index in [2.05, 4.69) is 5.32 Å². The molecular formula is C10H20F2N2. The van der Waals surface area contributed by atoms with Crippen molar-refractivity contribution in [2.45, 2.75) is 44.6 Å². The van der Waals surface area contributed by atoms with E-state index < -0.39 is 6.43 Å². The summed E-state index contributed by atoms with van der Waals surface area (Å²) in [6, 6.07) is 0.197. The summed E-state index contributed by atoms with van der Waals surface area (Å²) in [5, 5.41) is 2.78. The largest absolute Gasteiger partial charge is 0.327 e. The maximum absolute atomic E-state index is 11.9. The van der Waals surface area contributed by atoms with Gasteiger partial charge < -0.3 is 11.1 Å². The Hall–Kier alpha value is -0.220. The van der Waals surface area contributed by atoms with Gasteiger partial charge in [0.1, 0.15) is 0 Å². The first-order chi connectivity index (χ1) is 6.70. The summed E-state index contributed by atoms with van der Waals surface area (Å²) in [4.78, 5) is 0. The lowest BCUT2D eigenvalue weighted by molar-refractivity contribution is 0.143. The molecule has 0 spiro atoms. The Morgan fingerprint density at radius 1 is 1.21 bits per heavy atom. The Kier molecular flexibility index (Phi) is 5.33. The van der Waals surface area contributed by atoms with Crippen LogP contribution >= 0.6 is 0 Å². The van der Waals surface area contributed by atoms with Gasteiger partial charge in [-0.05, 0) is 25.3 Å². The Bertz CT molecular complexity index is 153. The van der Waals surface area contributed by atoms with Crippen LogP contribution in [0.15, 0.2) is 0 Å². The highest BCUT2D eigenvalue weighted by Crippen LogP contribution is 2.21. The normalized spacial score (nSPS) is 29.1. The van der Waals surface area contributed by atoms with E-state index in [1.807, 2.05) is 0 Å². The first kappa shape index (κ1) is 11.9. The Labute approximate surface area is 84.2 Å². The van der Waals surface area contributed by atoms with Crippen molar-refractivity contribution in [3.63, 3.8) is 0 Å². The Morgan fingerprint density at radius 2 is 1.93 bits per heavy atom. The fourth-order valence-electron chi connectivity index (χ4n) is 2.04. The minimum Gasteiger partial charge on any atom is -0.327 e. The lowest BCUT2D eigenvalue weighted by Gasteiger charge is -2.21. The second-order valence-corrected chi connectivity index (χ2v) is 4.11. The van der Waals surface area contributed by atoms with E-state index in [0.29, 0.717) is 12.5 Å². The highest BCUT2D eigenvalue weighted by atomic mass is 19.3. The van der Waals surface area contributed by atoms with Crippen LogP contribution in [-0.2, 0) is 0 Å². The second-order valence-electron chi connectivity index (χ2n) is 4.11. The molecule has 0 aromatic heterocycles. The minimum absolute atomic E-state index is 0.197. The van der Waals surface area contributed by atoms with Crippen LogP contribution < -0.4 is 11.1 Å². The predicted molar refractivity (Wildman–Crippen MR) is 53.4 cm³/mol. The second kappa shape index (κ2) is 6.30. The van der Waals surface area contributed by atoms with Crippen molar-refractivity contribution >= 4 is 0 Å². The zero-order chi connectivity index (χ0) is 10.4. The summed E-state index contributed by atoms with van der Waals surface area (Å²) in [7, 11) is 0. The lowest BCUT2D eigenvalue weighted by atomic mass is 9.95. The highest BCUT2D eigenvalue weighted by Gasteiger charge is 2.20. The zero-order valence-electron chi connectivity index (χ0n) is 8.52. The smallest absolute Gasteiger partial charge is 0.250 e. The SMILES string of the molecule is NC1CCCCCC1CNCC(F)F. The minimum atomic E-state index is -2.25. The third-order valence-electron chi connectivity index (χ3n) is 2.92. The van der Waals surface area contributed by atoms with Crippen LogP contribution in [0.5, 0.6) is 0 Å². The van der Waals surface area contributed by atoms with Crippen molar-refractivity contribution in [2.24, 2.45) is 11.7 Å². The third-order valence-corrected chi connectivity index (χ3v) is 2.92. The molecule has 0 aliphatic heterocycles. The maximum Gasteiger partial charge on any atom is 0.250 e. The number of nitrogens with one attached hydrogen (secondary N) is 1. The van der Waals surface area contributed by atoms with Crippen molar-refractivity contribution in [2.75, 3.05) is 13.1 Å².